The first-order valence-corrected chi connectivity index (χ1v) is 7.69. The molecule has 0 atom stereocenters. The van der Waals surface area contributed by atoms with Crippen molar-refractivity contribution in [3.8, 4) is 0 Å². The van der Waals surface area contributed by atoms with Gasteiger partial charge in [-0.3, -0.25) is 9.69 Å². The lowest BCUT2D eigenvalue weighted by atomic mass is 9.96. The van der Waals surface area contributed by atoms with Crippen molar-refractivity contribution in [1.82, 2.24) is 15.1 Å². The predicted molar refractivity (Wildman–Crippen MR) is 79.6 cm³/mol. The zero-order valence-corrected chi connectivity index (χ0v) is 12.4. The van der Waals surface area contributed by atoms with E-state index in [2.05, 4.69) is 16.8 Å². The Morgan fingerprint density at radius 3 is 2.60 bits per heavy atom. The largest absolute Gasteiger partial charge is 0.379 e. The molecule has 0 aromatic rings. The molecule has 2 rings (SSSR count). The van der Waals surface area contributed by atoms with Gasteiger partial charge in [-0.05, 0) is 18.8 Å². The Morgan fingerprint density at radius 2 is 1.95 bits per heavy atom. The Kier molecular flexibility index (Phi) is 6.50. The molecule has 0 bridgehead atoms. The number of nitrogens with one attached hydrogen (secondary N) is 1. The number of likely N-dealkylation sites (tertiary alicyclic amines) is 1. The minimum atomic E-state index is 0.219. The summed E-state index contributed by atoms with van der Waals surface area (Å²) in [5.41, 5.74) is 0. The van der Waals surface area contributed by atoms with Crippen LogP contribution in [-0.2, 0) is 9.53 Å². The second-order valence-corrected chi connectivity index (χ2v) is 5.66. The summed E-state index contributed by atoms with van der Waals surface area (Å²) in [7, 11) is 0. The molecule has 2 fully saturated rings. The number of hydrogen-bond acceptors (Lipinski definition) is 4. The van der Waals surface area contributed by atoms with Crippen LogP contribution in [0.4, 0.5) is 0 Å². The maximum Gasteiger partial charge on any atom is 0.236 e. The van der Waals surface area contributed by atoms with Crippen LogP contribution in [0.1, 0.15) is 12.8 Å². The summed E-state index contributed by atoms with van der Waals surface area (Å²) in [6.07, 6.45) is 4.04. The highest BCUT2D eigenvalue weighted by Gasteiger charge is 2.24. The summed E-state index contributed by atoms with van der Waals surface area (Å²) in [5, 5.41) is 3.08. The van der Waals surface area contributed by atoms with Crippen molar-refractivity contribution < 1.29 is 9.53 Å². The molecule has 1 N–H and O–H groups in total. The van der Waals surface area contributed by atoms with Crippen LogP contribution >= 0.6 is 0 Å². The van der Waals surface area contributed by atoms with Crippen LogP contribution in [0.5, 0.6) is 0 Å². The van der Waals surface area contributed by atoms with Crippen molar-refractivity contribution in [1.29, 1.82) is 0 Å². The van der Waals surface area contributed by atoms with E-state index >= 15 is 0 Å². The molecule has 2 heterocycles. The second-order valence-electron chi connectivity index (χ2n) is 5.66. The smallest absolute Gasteiger partial charge is 0.236 e. The van der Waals surface area contributed by atoms with E-state index in [4.69, 9.17) is 4.74 Å². The van der Waals surface area contributed by atoms with E-state index in [-0.39, 0.29) is 5.91 Å². The SMILES string of the molecule is C=CCNCC(=O)N1CCC(CN2CCOCC2)CC1. The molecule has 0 saturated carbocycles. The molecule has 1 amide bonds. The van der Waals surface area contributed by atoms with Gasteiger partial charge in [0.2, 0.25) is 5.91 Å². The van der Waals surface area contributed by atoms with E-state index < -0.39 is 0 Å². The third kappa shape index (κ3) is 4.89. The number of hydrogen-bond donors (Lipinski definition) is 1. The average molecular weight is 281 g/mol. The van der Waals surface area contributed by atoms with Crippen LogP contribution in [0, 0.1) is 5.92 Å². The lowest BCUT2D eigenvalue weighted by Crippen LogP contribution is -2.46. The fraction of sp³-hybridized carbons (Fsp3) is 0.800. The number of morpholine rings is 1. The van der Waals surface area contributed by atoms with Crippen molar-refractivity contribution in [2.24, 2.45) is 5.92 Å². The van der Waals surface area contributed by atoms with Crippen molar-refractivity contribution in [2.75, 3.05) is 59.0 Å². The molecule has 0 aromatic heterocycles. The van der Waals surface area contributed by atoms with Gasteiger partial charge in [0.1, 0.15) is 0 Å². The van der Waals surface area contributed by atoms with Gasteiger partial charge in [0.15, 0.2) is 0 Å². The van der Waals surface area contributed by atoms with Gasteiger partial charge in [0.05, 0.1) is 19.8 Å². The fourth-order valence-corrected chi connectivity index (χ4v) is 2.91. The van der Waals surface area contributed by atoms with Crippen LogP contribution in [0.15, 0.2) is 12.7 Å². The Hall–Kier alpha value is -0.910. The molecule has 5 nitrogen and oxygen atoms in total. The Morgan fingerprint density at radius 1 is 1.25 bits per heavy atom. The quantitative estimate of drug-likeness (QED) is 0.563. The standard InChI is InChI=1S/C15H27N3O2/c1-2-5-16-12-15(19)18-6-3-14(4-7-18)13-17-8-10-20-11-9-17/h2,14,16H,1,3-13H2. The Balaban J connectivity index is 1.63. The van der Waals surface area contributed by atoms with Gasteiger partial charge in [0.25, 0.3) is 0 Å². The fourth-order valence-electron chi connectivity index (χ4n) is 2.91. The monoisotopic (exact) mass is 281 g/mol. The molecule has 0 radical (unpaired) electrons. The number of piperidine rings is 1. The highest BCUT2D eigenvalue weighted by atomic mass is 16.5. The lowest BCUT2D eigenvalue weighted by Gasteiger charge is -2.36. The summed E-state index contributed by atoms with van der Waals surface area (Å²) >= 11 is 0. The molecule has 5 heteroatoms. The lowest BCUT2D eigenvalue weighted by molar-refractivity contribution is -0.131. The summed E-state index contributed by atoms with van der Waals surface area (Å²) < 4.78 is 5.38. The third-order valence-electron chi connectivity index (χ3n) is 4.15. The maximum atomic E-state index is 12.0. The van der Waals surface area contributed by atoms with Crippen LogP contribution in [0.3, 0.4) is 0 Å². The third-order valence-corrected chi connectivity index (χ3v) is 4.15. The van der Waals surface area contributed by atoms with Crippen molar-refractivity contribution in [3.63, 3.8) is 0 Å². The van der Waals surface area contributed by atoms with E-state index in [0.29, 0.717) is 13.1 Å². The molecule has 20 heavy (non-hydrogen) atoms. The van der Waals surface area contributed by atoms with Crippen molar-refractivity contribution in [3.05, 3.63) is 12.7 Å². The normalized spacial score (nSPS) is 21.9. The zero-order valence-electron chi connectivity index (χ0n) is 12.4. The summed E-state index contributed by atoms with van der Waals surface area (Å²) in [5.74, 6) is 0.954. The van der Waals surface area contributed by atoms with E-state index in [1.165, 1.54) is 6.54 Å². The van der Waals surface area contributed by atoms with Crippen LogP contribution in [0.25, 0.3) is 0 Å². The zero-order chi connectivity index (χ0) is 14.2. The van der Waals surface area contributed by atoms with Gasteiger partial charge in [0, 0.05) is 39.3 Å². The van der Waals surface area contributed by atoms with Gasteiger partial charge in [-0.2, -0.15) is 0 Å². The minimum absolute atomic E-state index is 0.219. The summed E-state index contributed by atoms with van der Waals surface area (Å²) in [4.78, 5) is 16.5. The number of carbonyl (C=O) groups is 1. The van der Waals surface area contributed by atoms with Crippen molar-refractivity contribution in [2.45, 2.75) is 12.8 Å². The van der Waals surface area contributed by atoms with Crippen molar-refractivity contribution >= 4 is 5.91 Å². The average Bonchev–Trinajstić information content (AvgIpc) is 2.49. The molecule has 0 spiro atoms. The van der Waals surface area contributed by atoms with Gasteiger partial charge in [-0.15, -0.1) is 6.58 Å². The van der Waals surface area contributed by atoms with Crippen LogP contribution < -0.4 is 5.32 Å². The van der Waals surface area contributed by atoms with E-state index in [1.54, 1.807) is 6.08 Å². The maximum absolute atomic E-state index is 12.0. The molecular weight excluding hydrogens is 254 g/mol. The molecule has 114 valence electrons. The Labute approximate surface area is 121 Å². The van der Waals surface area contributed by atoms with Gasteiger partial charge in [-0.25, -0.2) is 0 Å². The van der Waals surface area contributed by atoms with Gasteiger partial charge in [-0.1, -0.05) is 6.08 Å². The molecule has 0 aliphatic carbocycles. The molecule has 2 saturated heterocycles. The molecule has 0 aromatic carbocycles. The number of ether oxygens (including phenoxy) is 1. The minimum Gasteiger partial charge on any atom is -0.379 e. The first-order chi connectivity index (χ1) is 9.79. The summed E-state index contributed by atoms with van der Waals surface area (Å²) in [6.45, 7) is 11.6. The van der Waals surface area contributed by atoms with Crippen LogP contribution in [0.2, 0.25) is 0 Å². The summed E-state index contributed by atoms with van der Waals surface area (Å²) in [6, 6.07) is 0. The number of amides is 1. The first kappa shape index (κ1) is 15.5. The van der Waals surface area contributed by atoms with E-state index in [9.17, 15) is 4.79 Å². The Bertz CT molecular complexity index is 308. The molecular formula is C15H27N3O2. The first-order valence-electron chi connectivity index (χ1n) is 7.69. The highest BCUT2D eigenvalue weighted by molar-refractivity contribution is 5.78. The number of nitrogens with zero attached hydrogens (tertiary/aromatic N) is 2. The second kappa shape index (κ2) is 8.39. The van der Waals surface area contributed by atoms with Gasteiger partial charge >= 0.3 is 0 Å². The van der Waals surface area contributed by atoms with E-state index in [0.717, 1.165) is 58.2 Å². The molecule has 2 aliphatic rings. The van der Waals surface area contributed by atoms with Crippen LogP contribution in [-0.4, -0.2) is 74.7 Å². The highest BCUT2D eigenvalue weighted by Crippen LogP contribution is 2.18. The topological polar surface area (TPSA) is 44.8 Å². The molecule has 2 aliphatic heterocycles. The number of carbonyl (C=O) groups excluding carboxylic acids is 1. The van der Waals surface area contributed by atoms with E-state index in [1.807, 2.05) is 4.90 Å². The molecule has 0 unspecified atom stereocenters. The number of rotatable bonds is 6. The van der Waals surface area contributed by atoms with Gasteiger partial charge < -0.3 is 15.0 Å². The predicted octanol–water partition coefficient (Wildman–Crippen LogP) is 0.333.